The molecule has 418 valence electrons. The Morgan fingerprint density at radius 1 is 0.590 bits per heavy atom. The fourth-order valence-corrected chi connectivity index (χ4v) is 11.4. The second kappa shape index (κ2) is 21.3. The van der Waals surface area contributed by atoms with Crippen molar-refractivity contribution in [3.8, 4) is 61.8 Å². The van der Waals surface area contributed by atoms with E-state index in [2.05, 4.69) is 39.8 Å². The van der Waals surface area contributed by atoms with Gasteiger partial charge in [-0.15, -0.1) is 48.1 Å². The molecule has 83 heavy (non-hydrogen) atoms. The van der Waals surface area contributed by atoms with E-state index in [-0.39, 0.29) is 84.7 Å². The summed E-state index contributed by atoms with van der Waals surface area (Å²) in [6.07, 6.45) is 1.44. The van der Waals surface area contributed by atoms with Gasteiger partial charge in [-0.2, -0.15) is 12.1 Å². The average Bonchev–Trinajstić information content (AvgIpc) is 0.785. The van der Waals surface area contributed by atoms with Gasteiger partial charge < -0.3 is 19.1 Å². The van der Waals surface area contributed by atoms with Gasteiger partial charge in [0.25, 0.3) is 0 Å². The third kappa shape index (κ3) is 10.5. The summed E-state index contributed by atoms with van der Waals surface area (Å²) in [5.41, 5.74) is 4.46. The molecule has 1 aliphatic carbocycles. The van der Waals surface area contributed by atoms with E-state index in [1.54, 1.807) is 30.5 Å². The van der Waals surface area contributed by atoms with Crippen molar-refractivity contribution in [1.82, 2.24) is 9.55 Å². The normalized spacial score (nSPS) is 17.0. The number of ether oxygens (including phenoxy) is 1. The number of benzene rings is 9. The summed E-state index contributed by atoms with van der Waals surface area (Å²) in [4.78, 5) is 8.84. The number of rotatable bonds is 10. The van der Waals surface area contributed by atoms with Crippen LogP contribution >= 0.6 is 0 Å². The second-order valence-electron chi connectivity index (χ2n) is 24.8. The van der Waals surface area contributed by atoms with Gasteiger partial charge in [0, 0.05) is 80.8 Å². The summed E-state index contributed by atoms with van der Waals surface area (Å²) in [6, 6.07) is 44.7. The van der Waals surface area contributed by atoms with Gasteiger partial charge in [-0.1, -0.05) is 214 Å². The van der Waals surface area contributed by atoms with Gasteiger partial charge in [0.1, 0.15) is 5.82 Å². The Bertz CT molecular complexity index is 4980. The van der Waals surface area contributed by atoms with E-state index in [9.17, 15) is 13.7 Å². The molecule has 6 heteroatoms. The second-order valence-corrected chi connectivity index (χ2v) is 24.8. The number of nitrogens with zero attached hydrogens (tertiary/aromatic N) is 4. The molecule has 13 rings (SSSR count). The molecule has 1 aliphatic heterocycles. The first-order valence-electron chi connectivity index (χ1n) is 34.5. The van der Waals surface area contributed by atoms with Gasteiger partial charge in [-0.3, -0.25) is 0 Å². The molecule has 0 saturated carbocycles. The molecule has 2 aromatic heterocycles. The maximum Gasteiger partial charge on any atom is 0.135 e. The predicted molar refractivity (Wildman–Crippen MR) is 343 cm³/mol. The first kappa shape index (κ1) is 41.9. The minimum absolute atomic E-state index is 0. The van der Waals surface area contributed by atoms with Gasteiger partial charge in [0.05, 0.1) is 15.1 Å². The summed E-state index contributed by atoms with van der Waals surface area (Å²) >= 11 is 0. The van der Waals surface area contributed by atoms with E-state index in [4.69, 9.17) is 13.8 Å². The van der Waals surface area contributed by atoms with Gasteiger partial charge in [0.15, 0.2) is 0 Å². The Kier molecular flexibility index (Phi) is 10.8. The average molecular weight is 1280 g/mol. The van der Waals surface area contributed by atoms with Gasteiger partial charge in [0.2, 0.25) is 0 Å². The Labute approximate surface area is 524 Å². The van der Waals surface area contributed by atoms with Crippen LogP contribution in [-0.2, 0) is 43.7 Å². The van der Waals surface area contributed by atoms with E-state index in [0.29, 0.717) is 73.4 Å². The molecule has 0 fully saturated rings. The molecule has 0 radical (unpaired) electrons. The third-order valence-corrected chi connectivity index (χ3v) is 15.7. The van der Waals surface area contributed by atoms with Crippen LogP contribution in [0.25, 0.3) is 72.1 Å². The molecule has 2 aliphatic rings. The summed E-state index contributed by atoms with van der Waals surface area (Å²) in [5, 5.41) is 1.82. The molecule has 9 aromatic carbocycles. The molecular weight excluding hydrogens is 1190 g/mol. The summed E-state index contributed by atoms with van der Waals surface area (Å²) in [7, 11) is 0. The molecule has 0 unspecified atom stereocenters. The molecule has 0 N–H and O–H groups in total. The molecule has 0 atom stereocenters. The number of para-hydroxylation sites is 4. The van der Waals surface area contributed by atoms with Crippen LogP contribution in [-0.4, -0.2) is 9.55 Å². The molecular formula is C77H71N4OPt-3. The van der Waals surface area contributed by atoms with Crippen LogP contribution in [0.4, 0.5) is 22.7 Å². The van der Waals surface area contributed by atoms with Crippen LogP contribution < -0.4 is 14.5 Å². The van der Waals surface area contributed by atoms with Crippen LogP contribution in [0.1, 0.15) is 122 Å². The fourth-order valence-electron chi connectivity index (χ4n) is 11.4. The molecule has 5 nitrogen and oxygen atoms in total. The summed E-state index contributed by atoms with van der Waals surface area (Å²) in [5.74, 6) is 1.20. The smallest absolute Gasteiger partial charge is 0.135 e. The van der Waals surface area contributed by atoms with E-state index >= 15 is 0 Å². The van der Waals surface area contributed by atoms with Crippen LogP contribution in [0, 0.1) is 24.2 Å². The Hall–Kier alpha value is -7.98. The predicted octanol–water partition coefficient (Wildman–Crippen LogP) is 20.9. The monoisotopic (exact) mass is 1280 g/mol. The van der Waals surface area contributed by atoms with Crippen LogP contribution in [0.5, 0.6) is 11.5 Å². The van der Waals surface area contributed by atoms with Crippen LogP contribution in [0.3, 0.4) is 0 Å². The van der Waals surface area contributed by atoms with Crippen molar-refractivity contribution < 1.29 is 43.6 Å². The summed E-state index contributed by atoms with van der Waals surface area (Å²) in [6.45, 7) is 21.2. The van der Waals surface area contributed by atoms with E-state index in [1.807, 2.05) is 172 Å². The van der Waals surface area contributed by atoms with Crippen molar-refractivity contribution in [3.63, 3.8) is 0 Å². The van der Waals surface area contributed by atoms with Crippen molar-refractivity contribution >= 4 is 44.6 Å². The van der Waals surface area contributed by atoms with E-state index in [1.165, 1.54) is 0 Å². The minimum Gasteiger partial charge on any atom is -0.509 e. The first-order chi connectivity index (χ1) is 44.8. The molecule has 0 spiro atoms. The van der Waals surface area contributed by atoms with Gasteiger partial charge in [-0.05, 0) is 127 Å². The van der Waals surface area contributed by atoms with E-state index in [0.717, 1.165) is 34.7 Å². The Balaban J connectivity index is 0.00000881. The number of anilines is 4. The van der Waals surface area contributed by atoms with Gasteiger partial charge in [-0.25, -0.2) is 4.98 Å². The Morgan fingerprint density at radius 2 is 1.25 bits per heavy atom. The third-order valence-electron chi connectivity index (χ3n) is 15.7. The molecule has 0 amide bonds. The van der Waals surface area contributed by atoms with Gasteiger partial charge >= 0.3 is 0 Å². The number of hydrogen-bond donors (Lipinski definition) is 0. The molecule has 3 heterocycles. The van der Waals surface area contributed by atoms with Crippen molar-refractivity contribution in [2.45, 2.75) is 105 Å². The summed E-state index contributed by atoms with van der Waals surface area (Å²) < 4.78 is 133. The topological polar surface area (TPSA) is 33.5 Å². The maximum atomic E-state index is 10.3. The maximum absolute atomic E-state index is 10.3. The van der Waals surface area contributed by atoms with Crippen molar-refractivity contribution in [1.29, 1.82) is 0 Å². The minimum atomic E-state index is -1.78. The quantitative estimate of drug-likeness (QED) is 0.128. The van der Waals surface area contributed by atoms with E-state index < -0.39 is 64.3 Å². The van der Waals surface area contributed by atoms with Crippen molar-refractivity contribution in [2.75, 3.05) is 9.80 Å². The molecule has 11 aromatic rings. The number of fused-ring (bicyclic) bond motifs is 5. The van der Waals surface area contributed by atoms with Crippen LogP contribution in [0.15, 0.2) is 206 Å². The van der Waals surface area contributed by atoms with Crippen molar-refractivity contribution in [2.24, 2.45) is 5.41 Å². The number of pyridine rings is 1. The molecule has 0 saturated heterocycles. The number of hydrogen-bond acceptors (Lipinski definition) is 4. The first-order valence-corrected chi connectivity index (χ1v) is 28.0. The fraction of sp³-hybridized carbons (Fsp3) is 0.221. The largest absolute Gasteiger partial charge is 0.509 e. The zero-order chi connectivity index (χ0) is 68.1. The van der Waals surface area contributed by atoms with Crippen molar-refractivity contribution in [3.05, 3.63) is 247 Å². The Morgan fingerprint density at radius 3 is 2.00 bits per heavy atom. The SMILES string of the molecule is [2H]c1c([2H])c([2H])c(-c2c([2H])c(-c3cccc(-c4c([2H])c([2H])c5c(c4[2H])C(C)(C)CCC5(C)C)c3N3[CH-]N(c4[c-]c(Oc5[c-]c6c(cc5)c5ccccc5n6-c5cc(C([2H])([2H])C(C)(C)C)c(-c6ccccc6)cn5)ccc4)c4ccccc43)c([2H])c(C(C)(C)C)c2[2H])c([2H])c1[2H].[Pt]. The van der Waals surface area contributed by atoms with Crippen LogP contribution in [0.2, 0.25) is 0 Å². The molecule has 0 bridgehead atoms. The zero-order valence-electron chi connectivity index (χ0n) is 61.3. The zero-order valence-corrected chi connectivity index (χ0v) is 50.6. The standard InChI is InChI=1S/C77H71N4O.Pt/c1-74(2,3)48-56-45-72(78-49-65(56)52-25-15-12-16-26-52)81-68-32-18-17-29-63(68)64-37-36-60(47-71(64)81)82-59-28-21-27-58(46-59)79-50-80(70-34-20-19-33-69(70)79)73-61(53-35-38-66-67(44-53)77(9,10)40-39-76(66,7)8)30-22-31-62(73)55-41-54(51-23-13-11-14-24-51)42-57(43-55)75(4,5)6;/h11-38,41-45,49-50H,39-40,48H2,1-10H3;/q-3;/i11D,13D,14D,23D,24D,35D,38D,41D,42D,43D,44D,48D2;. The number of aromatic nitrogens is 2.